The van der Waals surface area contributed by atoms with Crippen molar-refractivity contribution in [2.45, 2.75) is 0 Å². The van der Waals surface area contributed by atoms with Crippen molar-refractivity contribution in [1.29, 1.82) is 0 Å². The normalized spacial score (nSPS) is 8.00. The van der Waals surface area contributed by atoms with Crippen LogP contribution in [0.2, 0.25) is 0 Å². The third-order valence-electron chi connectivity index (χ3n) is 0.908. The van der Waals surface area contributed by atoms with E-state index in [0.29, 0.717) is 0 Å². The summed E-state index contributed by atoms with van der Waals surface area (Å²) in [6, 6.07) is 3.08. The maximum atomic E-state index is 10.2. The van der Waals surface area contributed by atoms with Gasteiger partial charge >= 0.3 is 23.3 Å². The Morgan fingerprint density at radius 1 is 1.60 bits per heavy atom. The van der Waals surface area contributed by atoms with Gasteiger partial charge in [0.1, 0.15) is 0 Å². The van der Waals surface area contributed by atoms with E-state index in [2.05, 4.69) is 4.98 Å². The molecule has 0 bridgehead atoms. The summed E-state index contributed by atoms with van der Waals surface area (Å²) >= 11 is 0. The molecule has 10 heavy (non-hydrogen) atoms. The van der Waals surface area contributed by atoms with E-state index in [9.17, 15) is 4.79 Å². The van der Waals surface area contributed by atoms with Crippen molar-refractivity contribution in [3.8, 4) is 0 Å². The molecule has 1 rings (SSSR count). The minimum Gasteiger partial charge on any atom is -0.478 e. The number of hydrogen-bond donors (Lipinski definition) is 1. The van der Waals surface area contributed by atoms with Crippen molar-refractivity contribution in [1.82, 2.24) is 4.98 Å². The zero-order chi connectivity index (χ0) is 6.69. The third kappa shape index (κ3) is 2.18. The predicted molar refractivity (Wildman–Crippen MR) is 31.2 cm³/mol. The van der Waals surface area contributed by atoms with Crippen molar-refractivity contribution >= 4 is 5.97 Å². The minimum absolute atomic E-state index is 0. The molecule has 0 aliphatic heterocycles. The van der Waals surface area contributed by atoms with E-state index in [1.807, 2.05) is 0 Å². The zero-order valence-electron chi connectivity index (χ0n) is 5.02. The number of hydrogen-bond acceptors (Lipinski definition) is 2. The number of carbonyl (C=O) groups is 1. The van der Waals surface area contributed by atoms with Crippen LogP contribution in [0.1, 0.15) is 10.4 Å². The van der Waals surface area contributed by atoms with Crippen molar-refractivity contribution in [2.75, 3.05) is 0 Å². The van der Waals surface area contributed by atoms with E-state index in [0.717, 1.165) is 0 Å². The van der Waals surface area contributed by atoms with Crippen LogP contribution in [-0.4, -0.2) is 16.1 Å². The van der Waals surface area contributed by atoms with Gasteiger partial charge in [-0.3, -0.25) is 4.98 Å². The summed E-state index contributed by atoms with van der Waals surface area (Å²) < 4.78 is 0. The van der Waals surface area contributed by atoms with Gasteiger partial charge in [0.15, 0.2) is 0 Å². The van der Waals surface area contributed by atoms with Gasteiger partial charge < -0.3 is 5.11 Å². The molecule has 1 aromatic heterocycles. The molecular weight excluding hydrogens is 170 g/mol. The van der Waals surface area contributed by atoms with E-state index in [1.54, 1.807) is 6.07 Å². The van der Waals surface area contributed by atoms with Gasteiger partial charge in [0.25, 0.3) is 0 Å². The smallest absolute Gasteiger partial charge is 0.478 e. The molecule has 0 amide bonds. The van der Waals surface area contributed by atoms with Gasteiger partial charge in [0, 0.05) is 12.4 Å². The fourth-order valence-corrected chi connectivity index (χ4v) is 0.489. The van der Waals surface area contributed by atoms with Crippen LogP contribution in [0.15, 0.2) is 24.5 Å². The maximum absolute atomic E-state index is 10.2. The second-order valence-corrected chi connectivity index (χ2v) is 1.55. The summed E-state index contributed by atoms with van der Waals surface area (Å²) in [4.78, 5) is 13.8. The number of rotatable bonds is 1. The second kappa shape index (κ2) is 4.05. The Kier molecular flexibility index (Phi) is 3.70. The van der Waals surface area contributed by atoms with Crippen LogP contribution in [-0.2, 0) is 17.4 Å². The Morgan fingerprint density at radius 3 is 2.60 bits per heavy atom. The standard InChI is InChI=1S/C6H5NO2.Cr/c8-6(9)5-2-1-3-7-4-5;/h1-4H,(H,8,9);/q;+2. The van der Waals surface area contributed by atoms with Crippen molar-refractivity contribution in [2.24, 2.45) is 0 Å². The molecule has 0 radical (unpaired) electrons. The molecule has 0 aliphatic carbocycles. The van der Waals surface area contributed by atoms with Crippen molar-refractivity contribution in [3.63, 3.8) is 0 Å². The van der Waals surface area contributed by atoms with Crippen LogP contribution in [0.25, 0.3) is 0 Å². The molecule has 0 atom stereocenters. The first kappa shape index (κ1) is 9.15. The van der Waals surface area contributed by atoms with Crippen molar-refractivity contribution < 1.29 is 27.3 Å². The van der Waals surface area contributed by atoms with Gasteiger partial charge in [-0.25, -0.2) is 4.79 Å². The van der Waals surface area contributed by atoms with Gasteiger partial charge in [0.05, 0.1) is 5.56 Å². The first-order chi connectivity index (χ1) is 4.30. The Hall–Kier alpha value is -0.848. The molecule has 3 nitrogen and oxygen atoms in total. The molecular formula is C6H5CrNO2+2. The summed E-state index contributed by atoms with van der Waals surface area (Å²) in [5.74, 6) is -0.942. The molecule has 0 aliphatic rings. The topological polar surface area (TPSA) is 50.2 Å². The summed E-state index contributed by atoms with van der Waals surface area (Å²) in [7, 11) is 0. The number of nitrogens with zero attached hydrogens (tertiary/aromatic N) is 1. The molecule has 0 aromatic carbocycles. The number of carboxylic acids is 1. The van der Waals surface area contributed by atoms with Crippen LogP contribution in [0.5, 0.6) is 0 Å². The van der Waals surface area contributed by atoms with Crippen LogP contribution in [0.4, 0.5) is 0 Å². The monoisotopic (exact) mass is 175 g/mol. The van der Waals surface area contributed by atoms with Gasteiger partial charge in [-0.1, -0.05) is 0 Å². The number of aromatic carboxylic acids is 1. The number of pyridine rings is 1. The summed E-state index contributed by atoms with van der Waals surface area (Å²) in [5, 5.41) is 8.34. The summed E-state index contributed by atoms with van der Waals surface area (Å²) in [5.41, 5.74) is 0.220. The van der Waals surface area contributed by atoms with Gasteiger partial charge in [-0.2, -0.15) is 0 Å². The summed E-state index contributed by atoms with van der Waals surface area (Å²) in [6.07, 6.45) is 2.84. The quantitative estimate of drug-likeness (QED) is 0.686. The van der Waals surface area contributed by atoms with Crippen LogP contribution in [0, 0.1) is 0 Å². The van der Waals surface area contributed by atoms with E-state index in [1.165, 1.54) is 18.5 Å². The fraction of sp³-hybridized carbons (Fsp3) is 0. The summed E-state index contributed by atoms with van der Waals surface area (Å²) in [6.45, 7) is 0. The number of carboxylic acid groups (broad SMARTS) is 1. The minimum atomic E-state index is -0.942. The van der Waals surface area contributed by atoms with Gasteiger partial charge in [-0.05, 0) is 12.1 Å². The van der Waals surface area contributed by atoms with E-state index in [-0.39, 0.29) is 22.9 Å². The molecule has 0 saturated heterocycles. The Balaban J connectivity index is 0.000000810. The molecule has 0 saturated carbocycles. The van der Waals surface area contributed by atoms with E-state index in [4.69, 9.17) is 5.11 Å². The first-order valence-electron chi connectivity index (χ1n) is 2.44. The van der Waals surface area contributed by atoms with Crippen LogP contribution in [0.3, 0.4) is 0 Å². The largest absolute Gasteiger partial charge is 2.00 e. The van der Waals surface area contributed by atoms with Crippen molar-refractivity contribution in [3.05, 3.63) is 30.1 Å². The molecule has 0 unspecified atom stereocenters. The Morgan fingerprint density at radius 2 is 2.30 bits per heavy atom. The van der Waals surface area contributed by atoms with Gasteiger partial charge in [-0.15, -0.1) is 0 Å². The fourth-order valence-electron chi connectivity index (χ4n) is 0.489. The molecule has 50 valence electrons. The Labute approximate surface area is 68.8 Å². The molecule has 1 N–H and O–H groups in total. The average Bonchev–Trinajstić information content (AvgIpc) is 1.90. The van der Waals surface area contributed by atoms with Crippen LogP contribution >= 0.6 is 0 Å². The molecule has 1 aromatic rings. The first-order valence-corrected chi connectivity index (χ1v) is 2.44. The molecule has 4 heteroatoms. The van der Waals surface area contributed by atoms with E-state index >= 15 is 0 Å². The van der Waals surface area contributed by atoms with E-state index < -0.39 is 5.97 Å². The Bertz CT molecular complexity index is 212. The maximum Gasteiger partial charge on any atom is 2.00 e. The predicted octanol–water partition coefficient (Wildman–Crippen LogP) is 0.777. The molecule has 1 heterocycles. The average molecular weight is 175 g/mol. The molecule has 0 spiro atoms. The molecule has 0 fully saturated rings. The SMILES string of the molecule is O=C(O)c1cccnc1.[Cr+2]. The second-order valence-electron chi connectivity index (χ2n) is 1.55. The number of aromatic nitrogens is 1. The zero-order valence-corrected chi connectivity index (χ0v) is 6.30. The third-order valence-corrected chi connectivity index (χ3v) is 0.908. The van der Waals surface area contributed by atoms with Crippen LogP contribution < -0.4 is 0 Å². The van der Waals surface area contributed by atoms with Gasteiger partial charge in [0.2, 0.25) is 0 Å².